The van der Waals surface area contributed by atoms with E-state index in [4.69, 9.17) is 10.2 Å². The van der Waals surface area contributed by atoms with Crippen molar-refractivity contribution in [1.29, 1.82) is 0 Å². The van der Waals surface area contributed by atoms with Crippen molar-refractivity contribution in [3.8, 4) is 0 Å². The number of carbonyl (C=O) groups is 1. The Balaban J connectivity index is 2.10. The SMILES string of the molecule is CCc1occc1C(=O)N1CCC(N)C(CC)C1. The number of carbonyl (C=O) groups excluding carboxylic acids is 1. The number of aryl methyl sites for hydroxylation is 1. The first kappa shape index (κ1) is 13.1. The minimum Gasteiger partial charge on any atom is -0.469 e. The predicted molar refractivity (Wildman–Crippen MR) is 70.4 cm³/mol. The normalized spacial score (nSPS) is 24.3. The van der Waals surface area contributed by atoms with Crippen molar-refractivity contribution in [2.75, 3.05) is 13.1 Å². The first-order valence-electron chi connectivity index (χ1n) is 6.78. The van der Waals surface area contributed by atoms with Crippen LogP contribution in [0.25, 0.3) is 0 Å². The Morgan fingerprint density at radius 1 is 1.56 bits per heavy atom. The molecule has 1 aromatic heterocycles. The first-order valence-corrected chi connectivity index (χ1v) is 6.78. The van der Waals surface area contributed by atoms with Gasteiger partial charge >= 0.3 is 0 Å². The van der Waals surface area contributed by atoms with Crippen molar-refractivity contribution >= 4 is 5.91 Å². The number of furan rings is 1. The van der Waals surface area contributed by atoms with Gasteiger partial charge < -0.3 is 15.1 Å². The van der Waals surface area contributed by atoms with Gasteiger partial charge in [0.2, 0.25) is 0 Å². The molecule has 4 nitrogen and oxygen atoms in total. The molecule has 4 heteroatoms. The van der Waals surface area contributed by atoms with E-state index < -0.39 is 0 Å². The average Bonchev–Trinajstić information content (AvgIpc) is 2.86. The molecule has 2 rings (SSSR count). The summed E-state index contributed by atoms with van der Waals surface area (Å²) in [5, 5.41) is 0. The van der Waals surface area contributed by atoms with E-state index in [9.17, 15) is 4.79 Å². The fourth-order valence-electron chi connectivity index (χ4n) is 2.64. The Kier molecular flexibility index (Phi) is 4.07. The molecule has 0 bridgehead atoms. The standard InChI is InChI=1S/C14H22N2O2/c1-3-10-9-16(7-5-12(10)15)14(17)11-6-8-18-13(11)4-2/h6,8,10,12H,3-5,7,9,15H2,1-2H3. The van der Waals surface area contributed by atoms with Gasteiger partial charge in [-0.3, -0.25) is 4.79 Å². The predicted octanol–water partition coefficient (Wildman–Crippen LogP) is 2.04. The van der Waals surface area contributed by atoms with Gasteiger partial charge in [0.15, 0.2) is 0 Å². The van der Waals surface area contributed by atoms with E-state index in [1.807, 2.05) is 11.8 Å². The van der Waals surface area contributed by atoms with Crippen molar-refractivity contribution < 1.29 is 9.21 Å². The second kappa shape index (κ2) is 5.57. The zero-order valence-electron chi connectivity index (χ0n) is 11.2. The quantitative estimate of drug-likeness (QED) is 0.893. The van der Waals surface area contributed by atoms with E-state index >= 15 is 0 Å². The molecule has 100 valence electrons. The summed E-state index contributed by atoms with van der Waals surface area (Å²) in [5.74, 6) is 1.29. The third kappa shape index (κ3) is 2.43. The molecule has 1 aliphatic heterocycles. The van der Waals surface area contributed by atoms with Crippen LogP contribution in [0.15, 0.2) is 16.7 Å². The maximum atomic E-state index is 12.4. The van der Waals surface area contributed by atoms with Crippen LogP contribution in [0, 0.1) is 5.92 Å². The van der Waals surface area contributed by atoms with Crippen LogP contribution in [0.3, 0.4) is 0 Å². The molecule has 0 saturated carbocycles. The molecular weight excluding hydrogens is 228 g/mol. The van der Waals surface area contributed by atoms with E-state index in [0.29, 0.717) is 11.5 Å². The molecule has 1 saturated heterocycles. The highest BCUT2D eigenvalue weighted by atomic mass is 16.3. The smallest absolute Gasteiger partial charge is 0.257 e. The fourth-order valence-corrected chi connectivity index (χ4v) is 2.64. The largest absolute Gasteiger partial charge is 0.469 e. The van der Waals surface area contributed by atoms with E-state index in [-0.39, 0.29) is 11.9 Å². The van der Waals surface area contributed by atoms with Crippen LogP contribution < -0.4 is 5.73 Å². The van der Waals surface area contributed by atoms with E-state index in [0.717, 1.165) is 38.1 Å². The summed E-state index contributed by atoms with van der Waals surface area (Å²) in [6.45, 7) is 5.65. The number of rotatable bonds is 3. The lowest BCUT2D eigenvalue weighted by Crippen LogP contribution is -2.49. The molecule has 1 aromatic rings. The summed E-state index contributed by atoms with van der Waals surface area (Å²) in [7, 11) is 0. The highest BCUT2D eigenvalue weighted by molar-refractivity contribution is 5.95. The Morgan fingerprint density at radius 3 is 3.00 bits per heavy atom. The zero-order valence-corrected chi connectivity index (χ0v) is 11.2. The van der Waals surface area contributed by atoms with Gasteiger partial charge in [-0.05, 0) is 18.4 Å². The monoisotopic (exact) mass is 250 g/mol. The van der Waals surface area contributed by atoms with Gasteiger partial charge in [0, 0.05) is 25.6 Å². The van der Waals surface area contributed by atoms with Gasteiger partial charge in [0.1, 0.15) is 5.76 Å². The number of piperidine rings is 1. The average molecular weight is 250 g/mol. The van der Waals surface area contributed by atoms with Crippen molar-refractivity contribution in [2.45, 2.75) is 39.2 Å². The molecular formula is C14H22N2O2. The van der Waals surface area contributed by atoms with Crippen LogP contribution in [0.2, 0.25) is 0 Å². The van der Waals surface area contributed by atoms with E-state index in [1.165, 1.54) is 0 Å². The Labute approximate surface area is 108 Å². The third-order valence-electron chi connectivity index (χ3n) is 3.90. The Morgan fingerprint density at radius 2 is 2.33 bits per heavy atom. The van der Waals surface area contributed by atoms with Crippen LogP contribution in [0.1, 0.15) is 42.8 Å². The van der Waals surface area contributed by atoms with Gasteiger partial charge in [-0.1, -0.05) is 20.3 Å². The second-order valence-electron chi connectivity index (χ2n) is 4.98. The fraction of sp³-hybridized carbons (Fsp3) is 0.643. The molecule has 2 unspecified atom stereocenters. The molecule has 0 aromatic carbocycles. The Bertz CT molecular complexity index is 414. The number of nitrogens with zero attached hydrogens (tertiary/aromatic N) is 1. The third-order valence-corrected chi connectivity index (χ3v) is 3.90. The molecule has 0 aliphatic carbocycles. The van der Waals surface area contributed by atoms with Crippen molar-refractivity contribution in [3.63, 3.8) is 0 Å². The summed E-state index contributed by atoms with van der Waals surface area (Å²) in [5.41, 5.74) is 6.78. The Hall–Kier alpha value is -1.29. The molecule has 0 radical (unpaired) electrons. The number of hydrogen-bond acceptors (Lipinski definition) is 3. The summed E-state index contributed by atoms with van der Waals surface area (Å²) in [6.07, 6.45) is 4.26. The van der Waals surface area contributed by atoms with Crippen molar-refractivity contribution in [2.24, 2.45) is 11.7 Å². The van der Waals surface area contributed by atoms with Gasteiger partial charge in [-0.25, -0.2) is 0 Å². The van der Waals surface area contributed by atoms with E-state index in [2.05, 4.69) is 6.92 Å². The van der Waals surface area contributed by atoms with Crippen LogP contribution in [0.4, 0.5) is 0 Å². The summed E-state index contributed by atoms with van der Waals surface area (Å²) < 4.78 is 5.33. The summed E-state index contributed by atoms with van der Waals surface area (Å²) in [4.78, 5) is 14.4. The lowest BCUT2D eigenvalue weighted by atomic mass is 9.90. The number of nitrogens with two attached hydrogens (primary N) is 1. The molecule has 0 spiro atoms. The van der Waals surface area contributed by atoms with E-state index in [1.54, 1.807) is 12.3 Å². The number of hydrogen-bond donors (Lipinski definition) is 1. The van der Waals surface area contributed by atoms with Gasteiger partial charge in [-0.2, -0.15) is 0 Å². The lowest BCUT2D eigenvalue weighted by Gasteiger charge is -2.36. The minimum absolute atomic E-state index is 0.0888. The molecule has 1 amide bonds. The second-order valence-corrected chi connectivity index (χ2v) is 4.98. The summed E-state index contributed by atoms with van der Waals surface area (Å²) in [6, 6.07) is 2.01. The van der Waals surface area contributed by atoms with Crippen LogP contribution in [0.5, 0.6) is 0 Å². The number of likely N-dealkylation sites (tertiary alicyclic amines) is 1. The highest BCUT2D eigenvalue weighted by Crippen LogP contribution is 2.22. The first-order chi connectivity index (χ1) is 8.67. The van der Waals surface area contributed by atoms with Gasteiger partial charge in [-0.15, -0.1) is 0 Å². The molecule has 2 N–H and O–H groups in total. The summed E-state index contributed by atoms with van der Waals surface area (Å²) >= 11 is 0. The van der Waals surface area contributed by atoms with Crippen molar-refractivity contribution in [3.05, 3.63) is 23.7 Å². The molecule has 2 heterocycles. The van der Waals surface area contributed by atoms with Crippen LogP contribution in [-0.2, 0) is 6.42 Å². The maximum Gasteiger partial charge on any atom is 0.257 e. The lowest BCUT2D eigenvalue weighted by molar-refractivity contribution is 0.0647. The maximum absolute atomic E-state index is 12.4. The highest BCUT2D eigenvalue weighted by Gasteiger charge is 2.29. The van der Waals surface area contributed by atoms with Crippen molar-refractivity contribution in [1.82, 2.24) is 4.90 Å². The minimum atomic E-state index is 0.0888. The number of amides is 1. The molecule has 1 fully saturated rings. The molecule has 2 atom stereocenters. The molecule has 1 aliphatic rings. The van der Waals surface area contributed by atoms with Gasteiger partial charge in [0.25, 0.3) is 5.91 Å². The van der Waals surface area contributed by atoms with Crippen LogP contribution >= 0.6 is 0 Å². The molecule has 18 heavy (non-hydrogen) atoms. The van der Waals surface area contributed by atoms with Gasteiger partial charge in [0.05, 0.1) is 11.8 Å². The zero-order chi connectivity index (χ0) is 13.1. The van der Waals surface area contributed by atoms with Crippen LogP contribution in [-0.4, -0.2) is 29.9 Å². The topological polar surface area (TPSA) is 59.5 Å².